The molecule has 0 radical (unpaired) electrons. The van der Waals surface area contributed by atoms with Gasteiger partial charge in [0.25, 0.3) is 6.41 Å². The van der Waals surface area contributed by atoms with Gasteiger partial charge in [0.05, 0.1) is 0 Å². The summed E-state index contributed by atoms with van der Waals surface area (Å²) in [6, 6.07) is 0. The number of aliphatic imine (C=N–C) groups is 1. The van der Waals surface area contributed by atoms with Crippen molar-refractivity contribution in [2.45, 2.75) is 32.0 Å². The fraction of sp³-hybridized carbons (Fsp3) is 0.833. The monoisotopic (exact) mass is 185 g/mol. The number of alkyl halides is 3. The van der Waals surface area contributed by atoms with E-state index in [2.05, 4.69) is 16.4 Å². The van der Waals surface area contributed by atoms with Gasteiger partial charge in [-0.3, -0.25) is 0 Å². The summed E-state index contributed by atoms with van der Waals surface area (Å²) in [6.07, 6.45) is -6.39. The van der Waals surface area contributed by atoms with Gasteiger partial charge < -0.3 is 9.84 Å². The first kappa shape index (κ1) is 11.4. The van der Waals surface area contributed by atoms with Crippen molar-refractivity contribution in [1.82, 2.24) is 0 Å². The molecule has 0 aliphatic rings. The van der Waals surface area contributed by atoms with Gasteiger partial charge in [-0.15, -0.1) is 0 Å². The fourth-order valence-corrected chi connectivity index (χ4v) is 0.368. The molecule has 0 aromatic carbocycles. The summed E-state index contributed by atoms with van der Waals surface area (Å²) in [6.45, 7) is 4.42. The Morgan fingerprint density at radius 2 is 1.83 bits per heavy atom. The number of aliphatic hydroxyl groups excluding tert-OH is 1. The normalized spacial score (nSPS) is 15.8. The Morgan fingerprint density at radius 3 is 2.08 bits per heavy atom. The Morgan fingerprint density at radius 1 is 1.42 bits per heavy atom. The van der Waals surface area contributed by atoms with Crippen molar-refractivity contribution < 1.29 is 23.0 Å². The number of hydrogen-bond acceptors (Lipinski definition) is 3. The maximum Gasteiger partial charge on any atom is 0.417 e. The zero-order chi connectivity index (χ0) is 9.99. The van der Waals surface area contributed by atoms with Gasteiger partial charge in [0.15, 0.2) is 5.60 Å². The lowest BCUT2D eigenvalue weighted by molar-refractivity contribution is -0.301. The largest absolute Gasteiger partial charge is 0.417 e. The smallest absolute Gasteiger partial charge is 0.350 e. The molecule has 1 atom stereocenters. The molecule has 0 saturated heterocycles. The highest BCUT2D eigenvalue weighted by Gasteiger charge is 2.49. The van der Waals surface area contributed by atoms with E-state index in [1.54, 1.807) is 0 Å². The van der Waals surface area contributed by atoms with E-state index in [4.69, 9.17) is 5.11 Å². The molecular weight excluding hydrogens is 175 g/mol. The first-order chi connectivity index (χ1) is 5.20. The van der Waals surface area contributed by atoms with Crippen molar-refractivity contribution in [2.75, 3.05) is 0 Å². The van der Waals surface area contributed by atoms with Crippen LogP contribution in [-0.4, -0.2) is 30.0 Å². The molecule has 12 heavy (non-hydrogen) atoms. The van der Waals surface area contributed by atoms with Crippen molar-refractivity contribution in [1.29, 1.82) is 0 Å². The third kappa shape index (κ3) is 2.78. The molecule has 1 unspecified atom stereocenters. The molecular formula is C6H10F3NO2. The molecule has 72 valence electrons. The van der Waals surface area contributed by atoms with E-state index >= 15 is 0 Å². The topological polar surface area (TPSA) is 41.8 Å². The Balaban J connectivity index is 4.32. The van der Waals surface area contributed by atoms with Gasteiger partial charge in [0, 0.05) is 0 Å². The Kier molecular flexibility index (Phi) is 3.23. The second-order valence-corrected chi connectivity index (χ2v) is 2.63. The molecule has 0 bridgehead atoms. The first-order valence-electron chi connectivity index (χ1n) is 3.09. The van der Waals surface area contributed by atoms with E-state index in [-0.39, 0.29) is 0 Å². The molecule has 0 aliphatic heterocycles. The van der Waals surface area contributed by atoms with Crippen LogP contribution in [0.3, 0.4) is 0 Å². The summed E-state index contributed by atoms with van der Waals surface area (Å²) >= 11 is 0. The number of rotatable bonds is 3. The molecule has 3 nitrogen and oxygen atoms in total. The second kappa shape index (κ2) is 3.40. The maximum atomic E-state index is 12.0. The second-order valence-electron chi connectivity index (χ2n) is 2.63. The number of hydrogen-bond donors (Lipinski definition) is 1. The van der Waals surface area contributed by atoms with Crippen LogP contribution in [-0.2, 0) is 4.74 Å². The summed E-state index contributed by atoms with van der Waals surface area (Å²) in [5, 5.41) is 8.61. The zero-order valence-corrected chi connectivity index (χ0v) is 6.72. The van der Waals surface area contributed by atoms with Gasteiger partial charge in [-0.1, -0.05) is 0 Å². The van der Waals surface area contributed by atoms with Crippen LogP contribution in [0.5, 0.6) is 0 Å². The molecule has 1 N–H and O–H groups in total. The van der Waals surface area contributed by atoms with Crippen molar-refractivity contribution >= 4 is 6.72 Å². The number of ether oxygens (including phenoxy) is 1. The first-order valence-corrected chi connectivity index (χ1v) is 3.09. The van der Waals surface area contributed by atoms with E-state index in [0.717, 1.165) is 13.8 Å². The van der Waals surface area contributed by atoms with E-state index in [1.165, 1.54) is 0 Å². The Bertz CT molecular complexity index is 167. The molecule has 0 heterocycles. The summed E-state index contributed by atoms with van der Waals surface area (Å²) in [4.78, 5) is 2.87. The van der Waals surface area contributed by atoms with Gasteiger partial charge >= 0.3 is 6.18 Å². The van der Waals surface area contributed by atoms with Gasteiger partial charge in [-0.25, -0.2) is 4.99 Å². The van der Waals surface area contributed by atoms with Crippen LogP contribution in [0.15, 0.2) is 4.99 Å². The van der Waals surface area contributed by atoms with Gasteiger partial charge in [0.2, 0.25) is 0 Å². The predicted molar refractivity (Wildman–Crippen MR) is 36.8 cm³/mol. The third-order valence-electron chi connectivity index (χ3n) is 1.24. The van der Waals surface area contributed by atoms with Crippen molar-refractivity contribution in [3.63, 3.8) is 0 Å². The molecule has 6 heteroatoms. The van der Waals surface area contributed by atoms with E-state index < -0.39 is 18.2 Å². The van der Waals surface area contributed by atoms with Gasteiger partial charge in [-0.2, -0.15) is 13.2 Å². The van der Waals surface area contributed by atoms with E-state index in [0.29, 0.717) is 0 Å². The molecule has 0 amide bonds. The quantitative estimate of drug-likeness (QED) is 0.532. The third-order valence-corrected chi connectivity index (χ3v) is 1.24. The van der Waals surface area contributed by atoms with E-state index in [1.807, 2.05) is 0 Å². The molecule has 0 aromatic heterocycles. The highest BCUT2D eigenvalue weighted by Crippen LogP contribution is 2.33. The minimum Gasteiger partial charge on any atom is -0.350 e. The van der Waals surface area contributed by atoms with Crippen molar-refractivity contribution in [2.24, 2.45) is 4.99 Å². The number of aliphatic hydroxyl groups is 1. The van der Waals surface area contributed by atoms with Crippen LogP contribution in [0, 0.1) is 0 Å². The summed E-state index contributed by atoms with van der Waals surface area (Å²) in [5.41, 5.74) is -2.42. The van der Waals surface area contributed by atoms with Gasteiger partial charge in [0.1, 0.15) is 0 Å². The maximum absolute atomic E-state index is 12.0. The van der Waals surface area contributed by atoms with Gasteiger partial charge in [-0.05, 0) is 20.6 Å². The van der Waals surface area contributed by atoms with Crippen LogP contribution >= 0.6 is 0 Å². The standard InChI is InChI=1S/C6H10F3NO2/c1-5(2,6(7,8)9)12-4(11)10-3/h4,11H,3H2,1-2H3. The molecule has 0 aromatic rings. The summed E-state index contributed by atoms with van der Waals surface area (Å²) < 4.78 is 40.2. The van der Waals surface area contributed by atoms with Crippen LogP contribution in [0.1, 0.15) is 13.8 Å². The molecule has 0 aliphatic carbocycles. The summed E-state index contributed by atoms with van der Waals surface area (Å²) in [7, 11) is 0. The van der Waals surface area contributed by atoms with Crippen molar-refractivity contribution in [3.05, 3.63) is 0 Å². The molecule has 0 rings (SSSR count). The van der Waals surface area contributed by atoms with Crippen LogP contribution in [0.2, 0.25) is 0 Å². The lowest BCUT2D eigenvalue weighted by Gasteiger charge is -2.28. The van der Waals surface area contributed by atoms with Crippen LogP contribution in [0.4, 0.5) is 13.2 Å². The average molecular weight is 185 g/mol. The van der Waals surface area contributed by atoms with E-state index in [9.17, 15) is 13.2 Å². The van der Waals surface area contributed by atoms with Crippen LogP contribution in [0.25, 0.3) is 0 Å². The predicted octanol–water partition coefficient (Wildman–Crippen LogP) is 1.32. The lowest BCUT2D eigenvalue weighted by atomic mass is 10.1. The van der Waals surface area contributed by atoms with Crippen LogP contribution < -0.4 is 0 Å². The Hall–Kier alpha value is -0.620. The minimum atomic E-state index is -4.54. The minimum absolute atomic E-state index is 0.793. The van der Waals surface area contributed by atoms with Crippen molar-refractivity contribution in [3.8, 4) is 0 Å². The summed E-state index contributed by atoms with van der Waals surface area (Å²) in [5.74, 6) is 0. The molecule has 0 saturated carbocycles. The fourth-order valence-electron chi connectivity index (χ4n) is 0.368. The average Bonchev–Trinajstić information content (AvgIpc) is 1.84. The number of halogens is 3. The highest BCUT2D eigenvalue weighted by molar-refractivity contribution is 5.23. The zero-order valence-electron chi connectivity index (χ0n) is 6.72. The highest BCUT2D eigenvalue weighted by atomic mass is 19.4. The SMILES string of the molecule is C=NC(O)OC(C)(C)C(F)(F)F. The molecule has 0 spiro atoms. The lowest BCUT2D eigenvalue weighted by Crippen LogP contribution is -2.44. The molecule has 0 fully saturated rings. The Labute approximate surface area is 67.9 Å². The number of nitrogens with zero attached hydrogens (tertiary/aromatic N) is 1.